The molecule has 0 aromatic carbocycles. The zero-order valence-electron chi connectivity index (χ0n) is 11.1. The third-order valence-electron chi connectivity index (χ3n) is 4.20. The number of rotatable bonds is 0. The van der Waals surface area contributed by atoms with Crippen LogP contribution in [-0.2, 0) is 0 Å². The lowest BCUT2D eigenvalue weighted by atomic mass is 9.84. The Hall–Kier alpha value is 0. The summed E-state index contributed by atoms with van der Waals surface area (Å²) in [6, 6.07) is 0. The van der Waals surface area contributed by atoms with Crippen LogP contribution in [0.3, 0.4) is 0 Å². The molecule has 0 unspecified atom stereocenters. The average Bonchev–Trinajstić information content (AvgIpc) is 2.25. The molecular weight excluding hydrogens is 180 g/mol. The van der Waals surface area contributed by atoms with Gasteiger partial charge in [-0.1, -0.05) is 78.6 Å². The summed E-state index contributed by atoms with van der Waals surface area (Å²) >= 11 is 0. The van der Waals surface area contributed by atoms with E-state index in [2.05, 4.69) is 20.8 Å². The van der Waals surface area contributed by atoms with Crippen molar-refractivity contribution in [2.24, 2.45) is 17.8 Å². The Kier molecular flexibility index (Phi) is 6.36. The molecule has 0 saturated heterocycles. The second-order valence-electron chi connectivity index (χ2n) is 6.11. The Bertz CT molecular complexity index is 135. The highest BCUT2D eigenvalue weighted by Crippen LogP contribution is 2.27. The molecule has 0 aliphatic heterocycles. The predicted molar refractivity (Wildman–Crippen MR) is 73.3 cm³/mol. The van der Waals surface area contributed by atoms with E-state index < -0.39 is 0 Å². The highest BCUT2D eigenvalue weighted by atomic mass is 14.2. The molecule has 2 saturated carbocycles. The quantitative estimate of drug-likeness (QED) is 0.470. The monoisotopic (exact) mass is 214 g/mol. The van der Waals surface area contributed by atoms with Crippen molar-refractivity contribution in [2.75, 3.05) is 0 Å². The van der Waals surface area contributed by atoms with Crippen LogP contribution in [0.2, 0.25) is 0 Å². The smallest absolute Gasteiger partial charge is 0 e. The molecule has 0 bridgehead atoms. The molecule has 2 fully saturated rings. The number of hydrogen-bond acceptors (Lipinski definition) is 0. The first-order valence-electron chi connectivity index (χ1n) is 7.18. The van der Waals surface area contributed by atoms with E-state index in [4.69, 9.17) is 0 Å². The predicted octanol–water partition coefficient (Wildman–Crippen LogP) is 5.91. The second kappa shape index (κ2) is 7.30. The van der Waals surface area contributed by atoms with Crippen LogP contribution in [0.15, 0.2) is 0 Å². The zero-order valence-corrected chi connectivity index (χ0v) is 11.1. The van der Waals surface area contributed by atoms with Crippen molar-refractivity contribution >= 4 is 0 Å². The van der Waals surface area contributed by atoms with Gasteiger partial charge in [0.1, 0.15) is 0 Å². The molecule has 94 valence electrons. The molecule has 0 N–H and O–H groups in total. The Balaban J connectivity index is 0. The lowest BCUT2D eigenvalue weighted by Gasteiger charge is -2.22. The molecule has 0 aromatic rings. The fraction of sp³-hybridized carbons (Fsp3) is 1.00. The zero-order chi connectivity index (χ0) is 11.1. The maximum atomic E-state index is 2.37. The van der Waals surface area contributed by atoms with Crippen LogP contribution in [-0.4, -0.2) is 0 Å². The molecule has 0 heterocycles. The first-order valence-corrected chi connectivity index (χ1v) is 7.18. The minimum atomic E-state index is 0. The summed E-state index contributed by atoms with van der Waals surface area (Å²) < 4.78 is 0. The second-order valence-corrected chi connectivity index (χ2v) is 6.11. The molecule has 2 aliphatic rings. The van der Waals surface area contributed by atoms with Crippen LogP contribution in [0.1, 0.15) is 81.4 Å². The van der Waals surface area contributed by atoms with Crippen molar-refractivity contribution in [3.8, 4) is 0 Å². The maximum Gasteiger partial charge on any atom is 0 e. The van der Waals surface area contributed by atoms with Gasteiger partial charge in [-0.15, -0.1) is 0 Å². The minimum Gasteiger partial charge on any atom is -0.0625 e. The third kappa shape index (κ3) is 6.22. The van der Waals surface area contributed by atoms with Gasteiger partial charge in [0.25, 0.3) is 0 Å². The minimum absolute atomic E-state index is 0. The molecule has 0 nitrogen and oxygen atoms in total. The van der Waals surface area contributed by atoms with Crippen molar-refractivity contribution in [2.45, 2.75) is 78.6 Å². The van der Waals surface area contributed by atoms with Crippen LogP contribution in [0.5, 0.6) is 0 Å². The van der Waals surface area contributed by atoms with E-state index in [0.717, 1.165) is 17.8 Å². The van der Waals surface area contributed by atoms with Gasteiger partial charge in [-0.05, 0) is 17.8 Å². The van der Waals surface area contributed by atoms with Gasteiger partial charge in [-0.3, -0.25) is 0 Å². The lowest BCUT2D eigenvalue weighted by Crippen LogP contribution is -2.08. The normalized spacial score (nSPS) is 33.0. The first kappa shape index (κ1) is 13.1. The molecule has 0 radical (unpaired) electrons. The molecule has 15 heavy (non-hydrogen) atoms. The highest BCUT2D eigenvalue weighted by Gasteiger charge is 2.13. The summed E-state index contributed by atoms with van der Waals surface area (Å²) in [5.41, 5.74) is 0. The highest BCUT2D eigenvalue weighted by molar-refractivity contribution is 4.65. The van der Waals surface area contributed by atoms with Crippen LogP contribution >= 0.6 is 0 Å². The van der Waals surface area contributed by atoms with Gasteiger partial charge in [0.2, 0.25) is 0 Å². The van der Waals surface area contributed by atoms with Gasteiger partial charge in [-0.25, -0.2) is 0 Å². The summed E-state index contributed by atoms with van der Waals surface area (Å²) in [4.78, 5) is 0. The Morgan fingerprint density at radius 1 is 0.533 bits per heavy atom. The average molecular weight is 214 g/mol. The Labute approximate surface area is 99.8 Å². The van der Waals surface area contributed by atoms with Gasteiger partial charge >= 0.3 is 0 Å². The van der Waals surface area contributed by atoms with Gasteiger partial charge in [0.05, 0.1) is 0 Å². The molecule has 0 spiro atoms. The van der Waals surface area contributed by atoms with Gasteiger partial charge in [0.15, 0.2) is 0 Å². The maximum absolute atomic E-state index is 2.37. The van der Waals surface area contributed by atoms with Crippen molar-refractivity contribution in [1.29, 1.82) is 0 Å². The molecule has 0 amide bonds. The SMILES string of the molecule is CC1CCC(C)CC1.CC1CCCCC1.[HH].[HH]. The summed E-state index contributed by atoms with van der Waals surface area (Å²) in [5.74, 6) is 3.08. The van der Waals surface area contributed by atoms with E-state index in [1.165, 1.54) is 57.8 Å². The molecule has 0 heteroatoms. The summed E-state index contributed by atoms with van der Waals surface area (Å²) in [6.45, 7) is 7.09. The molecule has 2 rings (SSSR count). The van der Waals surface area contributed by atoms with Crippen molar-refractivity contribution in [1.82, 2.24) is 0 Å². The summed E-state index contributed by atoms with van der Waals surface area (Å²) in [7, 11) is 0. The number of hydrogen-bond donors (Lipinski definition) is 0. The van der Waals surface area contributed by atoms with Crippen LogP contribution < -0.4 is 0 Å². The van der Waals surface area contributed by atoms with Gasteiger partial charge in [0, 0.05) is 2.85 Å². The van der Waals surface area contributed by atoms with Crippen molar-refractivity contribution < 1.29 is 2.85 Å². The Morgan fingerprint density at radius 3 is 1.13 bits per heavy atom. The fourth-order valence-corrected chi connectivity index (χ4v) is 2.73. The van der Waals surface area contributed by atoms with Gasteiger partial charge in [-0.2, -0.15) is 0 Å². The van der Waals surface area contributed by atoms with Crippen LogP contribution in [0.4, 0.5) is 0 Å². The van der Waals surface area contributed by atoms with E-state index in [1.54, 1.807) is 0 Å². The van der Waals surface area contributed by atoms with Crippen molar-refractivity contribution in [3.05, 3.63) is 0 Å². The fourth-order valence-electron chi connectivity index (χ4n) is 2.73. The lowest BCUT2D eigenvalue weighted by molar-refractivity contribution is 0.308. The third-order valence-corrected chi connectivity index (χ3v) is 4.20. The van der Waals surface area contributed by atoms with Crippen molar-refractivity contribution in [3.63, 3.8) is 0 Å². The van der Waals surface area contributed by atoms with E-state index in [0.29, 0.717) is 0 Å². The van der Waals surface area contributed by atoms with E-state index in [9.17, 15) is 0 Å². The van der Waals surface area contributed by atoms with E-state index >= 15 is 0 Å². The standard InChI is InChI=1S/C8H16.C7H14.2H2/c1-7-3-5-8(2)6-4-7;1-7-5-3-2-4-6-7;;/h7-8H,3-6H2,1-2H3;7H,2-6H2,1H3;2*1H. The van der Waals surface area contributed by atoms with Crippen LogP contribution in [0, 0.1) is 17.8 Å². The molecular formula is C15H34. The Morgan fingerprint density at radius 2 is 0.867 bits per heavy atom. The van der Waals surface area contributed by atoms with Gasteiger partial charge < -0.3 is 0 Å². The summed E-state index contributed by atoms with van der Waals surface area (Å²) in [5, 5.41) is 0. The van der Waals surface area contributed by atoms with E-state index in [-0.39, 0.29) is 2.85 Å². The first-order chi connectivity index (χ1) is 7.18. The molecule has 0 aromatic heterocycles. The summed E-state index contributed by atoms with van der Waals surface area (Å²) in [6.07, 6.45) is 13.3. The largest absolute Gasteiger partial charge is 0.0625 e. The molecule has 0 atom stereocenters. The van der Waals surface area contributed by atoms with E-state index in [1.807, 2.05) is 0 Å². The topological polar surface area (TPSA) is 0 Å². The van der Waals surface area contributed by atoms with Crippen LogP contribution in [0.25, 0.3) is 0 Å². The molecule has 2 aliphatic carbocycles.